The maximum Gasteiger partial charge on any atom is 0.131 e. The SMILES string of the molecule is CCCNC(c1cc(Br)c(Cl)s1)c1cc(C)c(F)cc1F. The third kappa shape index (κ3) is 3.83. The van der Waals surface area contributed by atoms with E-state index in [9.17, 15) is 8.78 Å². The molecule has 1 aromatic heterocycles. The number of rotatable bonds is 5. The van der Waals surface area contributed by atoms with Crippen LogP contribution in [0.4, 0.5) is 8.78 Å². The predicted octanol–water partition coefficient (Wildman–Crippen LogP) is 5.84. The zero-order chi connectivity index (χ0) is 15.6. The third-order valence-electron chi connectivity index (χ3n) is 3.14. The normalized spacial score (nSPS) is 12.7. The van der Waals surface area contributed by atoms with E-state index >= 15 is 0 Å². The highest BCUT2D eigenvalue weighted by Crippen LogP contribution is 2.38. The second-order valence-corrected chi connectivity index (χ2v) is 7.32. The van der Waals surface area contributed by atoms with Gasteiger partial charge < -0.3 is 5.32 Å². The van der Waals surface area contributed by atoms with E-state index in [-0.39, 0.29) is 6.04 Å². The van der Waals surface area contributed by atoms with E-state index in [1.54, 1.807) is 13.0 Å². The van der Waals surface area contributed by atoms with Crippen LogP contribution in [0.1, 0.15) is 35.4 Å². The van der Waals surface area contributed by atoms with Gasteiger partial charge >= 0.3 is 0 Å². The van der Waals surface area contributed by atoms with Crippen molar-refractivity contribution in [3.63, 3.8) is 0 Å². The van der Waals surface area contributed by atoms with Crippen LogP contribution in [0.3, 0.4) is 0 Å². The standard InChI is InChI=1S/C15H15BrClF2NS/c1-3-4-20-14(13-6-10(16)15(17)21-13)9-5-8(2)11(18)7-12(9)19/h5-7,14,20H,3-4H2,1-2H3. The molecule has 1 aromatic carbocycles. The Morgan fingerprint density at radius 1 is 1.29 bits per heavy atom. The second kappa shape index (κ2) is 7.18. The molecule has 1 N–H and O–H groups in total. The summed E-state index contributed by atoms with van der Waals surface area (Å²) in [6, 6.07) is 4.03. The maximum atomic E-state index is 14.2. The Kier molecular flexibility index (Phi) is 5.77. The lowest BCUT2D eigenvalue weighted by Crippen LogP contribution is -2.23. The smallest absolute Gasteiger partial charge is 0.131 e. The van der Waals surface area contributed by atoms with Gasteiger partial charge in [0.1, 0.15) is 16.0 Å². The Morgan fingerprint density at radius 2 is 2.00 bits per heavy atom. The van der Waals surface area contributed by atoms with Crippen LogP contribution in [0.25, 0.3) is 0 Å². The number of hydrogen-bond donors (Lipinski definition) is 1. The minimum atomic E-state index is -0.549. The molecule has 0 saturated heterocycles. The summed E-state index contributed by atoms with van der Waals surface area (Å²) in [6.45, 7) is 4.40. The Hall–Kier alpha value is -0.490. The average molecular weight is 395 g/mol. The van der Waals surface area contributed by atoms with Crippen LogP contribution in [0.5, 0.6) is 0 Å². The molecule has 1 nitrogen and oxygen atoms in total. The summed E-state index contributed by atoms with van der Waals surface area (Å²) >= 11 is 10.8. The number of thiophene rings is 1. The van der Waals surface area contributed by atoms with Crippen molar-refractivity contribution in [2.45, 2.75) is 26.3 Å². The Bertz CT molecular complexity index is 625. The molecule has 6 heteroatoms. The van der Waals surface area contributed by atoms with Gasteiger partial charge in [0.05, 0.1) is 6.04 Å². The van der Waals surface area contributed by atoms with Crippen LogP contribution in [-0.4, -0.2) is 6.54 Å². The van der Waals surface area contributed by atoms with Gasteiger partial charge in [0, 0.05) is 21.0 Å². The topological polar surface area (TPSA) is 12.0 Å². The summed E-state index contributed by atoms with van der Waals surface area (Å²) in [7, 11) is 0. The Morgan fingerprint density at radius 3 is 2.57 bits per heavy atom. The van der Waals surface area contributed by atoms with E-state index in [0.717, 1.165) is 28.4 Å². The van der Waals surface area contributed by atoms with Crippen LogP contribution in [0.15, 0.2) is 22.7 Å². The fourth-order valence-corrected chi connectivity index (χ4v) is 3.89. The molecule has 21 heavy (non-hydrogen) atoms. The van der Waals surface area contributed by atoms with E-state index in [1.807, 2.05) is 13.0 Å². The first kappa shape index (κ1) is 16.9. The number of benzene rings is 1. The van der Waals surface area contributed by atoms with Crippen molar-refractivity contribution in [1.29, 1.82) is 0 Å². The number of hydrogen-bond acceptors (Lipinski definition) is 2. The fourth-order valence-electron chi connectivity index (χ4n) is 2.06. The summed E-state index contributed by atoms with van der Waals surface area (Å²) in [5.41, 5.74) is 0.865. The first-order valence-electron chi connectivity index (χ1n) is 6.57. The monoisotopic (exact) mass is 393 g/mol. The van der Waals surface area contributed by atoms with Crippen molar-refractivity contribution < 1.29 is 8.78 Å². The van der Waals surface area contributed by atoms with Crippen LogP contribution in [0, 0.1) is 18.6 Å². The summed E-state index contributed by atoms with van der Waals surface area (Å²) < 4.78 is 29.0. The first-order valence-corrected chi connectivity index (χ1v) is 8.56. The van der Waals surface area contributed by atoms with Crippen LogP contribution >= 0.6 is 38.9 Å². The van der Waals surface area contributed by atoms with Crippen LogP contribution < -0.4 is 5.32 Å². The van der Waals surface area contributed by atoms with E-state index in [2.05, 4.69) is 21.2 Å². The first-order chi connectivity index (χ1) is 9.93. The van der Waals surface area contributed by atoms with Gasteiger partial charge in [-0.05, 0) is 53.5 Å². The van der Waals surface area contributed by atoms with Gasteiger partial charge in [-0.15, -0.1) is 11.3 Å². The van der Waals surface area contributed by atoms with Gasteiger partial charge in [-0.2, -0.15) is 0 Å². The lowest BCUT2D eigenvalue weighted by Gasteiger charge is -2.19. The fraction of sp³-hybridized carbons (Fsp3) is 0.333. The molecule has 1 atom stereocenters. The van der Waals surface area contributed by atoms with Gasteiger partial charge in [-0.3, -0.25) is 0 Å². The van der Waals surface area contributed by atoms with Gasteiger partial charge in [0.2, 0.25) is 0 Å². The molecule has 0 amide bonds. The highest BCUT2D eigenvalue weighted by molar-refractivity contribution is 9.10. The van der Waals surface area contributed by atoms with Gasteiger partial charge in [0.25, 0.3) is 0 Å². The zero-order valence-electron chi connectivity index (χ0n) is 11.6. The van der Waals surface area contributed by atoms with E-state index in [4.69, 9.17) is 11.6 Å². The molecule has 0 aliphatic carbocycles. The minimum Gasteiger partial charge on any atom is -0.306 e. The molecule has 0 saturated carbocycles. The average Bonchev–Trinajstić information content (AvgIpc) is 2.75. The molecule has 114 valence electrons. The van der Waals surface area contributed by atoms with Gasteiger partial charge in [-0.1, -0.05) is 18.5 Å². The van der Waals surface area contributed by atoms with E-state index in [1.165, 1.54) is 11.3 Å². The number of aryl methyl sites for hydroxylation is 1. The molecule has 1 heterocycles. The quantitative estimate of drug-likeness (QED) is 0.672. The molecule has 2 rings (SSSR count). The molecule has 0 aliphatic rings. The molecular formula is C15H15BrClF2NS. The van der Waals surface area contributed by atoms with Crippen LogP contribution in [0.2, 0.25) is 4.34 Å². The van der Waals surface area contributed by atoms with Crippen molar-refractivity contribution >= 4 is 38.9 Å². The Labute approximate surface area is 140 Å². The molecule has 0 radical (unpaired) electrons. The van der Waals surface area contributed by atoms with E-state index < -0.39 is 11.6 Å². The summed E-state index contributed by atoms with van der Waals surface area (Å²) in [5, 5.41) is 3.30. The van der Waals surface area contributed by atoms with Crippen molar-refractivity contribution in [2.75, 3.05) is 6.54 Å². The Balaban J connectivity index is 2.47. The van der Waals surface area contributed by atoms with Crippen LogP contribution in [-0.2, 0) is 0 Å². The van der Waals surface area contributed by atoms with Crippen molar-refractivity contribution in [1.82, 2.24) is 5.32 Å². The summed E-state index contributed by atoms with van der Waals surface area (Å²) in [6.07, 6.45) is 0.915. The molecular weight excluding hydrogens is 380 g/mol. The van der Waals surface area contributed by atoms with Gasteiger partial charge in [0.15, 0.2) is 0 Å². The molecule has 2 aromatic rings. The molecule has 1 unspecified atom stereocenters. The number of nitrogens with one attached hydrogen (secondary N) is 1. The maximum absolute atomic E-state index is 14.2. The van der Waals surface area contributed by atoms with E-state index in [0.29, 0.717) is 15.5 Å². The number of halogens is 4. The molecule has 0 aliphatic heterocycles. The molecule has 0 bridgehead atoms. The summed E-state index contributed by atoms with van der Waals surface area (Å²) in [5.74, 6) is -1.08. The predicted molar refractivity (Wildman–Crippen MR) is 88.3 cm³/mol. The van der Waals surface area contributed by atoms with Crippen molar-refractivity contribution in [3.8, 4) is 0 Å². The summed E-state index contributed by atoms with van der Waals surface area (Å²) in [4.78, 5) is 0.894. The highest BCUT2D eigenvalue weighted by atomic mass is 79.9. The minimum absolute atomic E-state index is 0.335. The molecule has 0 spiro atoms. The lowest BCUT2D eigenvalue weighted by atomic mass is 10.0. The molecule has 0 fully saturated rings. The second-order valence-electron chi connectivity index (χ2n) is 4.78. The zero-order valence-corrected chi connectivity index (χ0v) is 14.8. The third-order valence-corrected chi connectivity index (χ3v) is 5.68. The van der Waals surface area contributed by atoms with Gasteiger partial charge in [-0.25, -0.2) is 8.78 Å². The van der Waals surface area contributed by atoms with Crippen molar-refractivity contribution in [3.05, 3.63) is 54.6 Å². The largest absolute Gasteiger partial charge is 0.306 e. The highest BCUT2D eigenvalue weighted by Gasteiger charge is 2.22. The van der Waals surface area contributed by atoms with Crippen molar-refractivity contribution in [2.24, 2.45) is 0 Å². The lowest BCUT2D eigenvalue weighted by molar-refractivity contribution is 0.533.